The van der Waals surface area contributed by atoms with Crippen LogP contribution in [0.5, 0.6) is 0 Å². The highest BCUT2D eigenvalue weighted by Crippen LogP contribution is 2.32. The van der Waals surface area contributed by atoms with Crippen molar-refractivity contribution in [2.24, 2.45) is 5.92 Å². The lowest BCUT2D eigenvalue weighted by atomic mass is 9.88. The summed E-state index contributed by atoms with van der Waals surface area (Å²) in [6, 6.07) is 23.9. The Hall–Kier alpha value is -3.72. The van der Waals surface area contributed by atoms with Gasteiger partial charge in [0.25, 0.3) is 0 Å². The number of fused-ring (bicyclic) bond motifs is 1. The highest BCUT2D eigenvalue weighted by Gasteiger charge is 2.35. The van der Waals surface area contributed by atoms with E-state index < -0.39 is 41.9 Å². The largest absolute Gasteiger partial charge is 0.444 e. The number of aryl methyl sites for hydroxylation is 1. The van der Waals surface area contributed by atoms with Gasteiger partial charge in [0.05, 0.1) is 24.3 Å². The van der Waals surface area contributed by atoms with Gasteiger partial charge in [-0.2, -0.15) is 0 Å². The van der Waals surface area contributed by atoms with Crippen LogP contribution in [0, 0.1) is 5.92 Å². The molecule has 3 aromatic carbocycles. The molecule has 5 N–H and O–H groups in total. The first-order chi connectivity index (χ1) is 21.0. The van der Waals surface area contributed by atoms with Gasteiger partial charge in [-0.1, -0.05) is 78.9 Å². The van der Waals surface area contributed by atoms with E-state index in [0.29, 0.717) is 25.7 Å². The average molecular weight is 603 g/mol. The maximum atomic E-state index is 13.9. The van der Waals surface area contributed by atoms with Gasteiger partial charge in [0.1, 0.15) is 5.60 Å². The summed E-state index contributed by atoms with van der Waals surface area (Å²) in [5.41, 5.74) is 4.14. The first kappa shape index (κ1) is 33.2. The number of nitrogens with one attached hydrogen (secondary N) is 2. The molecular weight excluding hydrogens is 556 g/mol. The number of hydrogen-bond donors (Lipinski definition) is 5. The van der Waals surface area contributed by atoms with Crippen molar-refractivity contribution in [2.75, 3.05) is 6.61 Å². The molecule has 5 atom stereocenters. The maximum Gasteiger partial charge on any atom is 0.407 e. The maximum absolute atomic E-state index is 13.9. The van der Waals surface area contributed by atoms with Gasteiger partial charge in [-0.05, 0) is 80.7 Å². The van der Waals surface area contributed by atoms with Crippen molar-refractivity contribution < 1.29 is 29.6 Å². The highest BCUT2D eigenvalue weighted by atomic mass is 16.6. The molecule has 8 heteroatoms. The number of aliphatic hydroxyl groups is 3. The number of amides is 2. The summed E-state index contributed by atoms with van der Waals surface area (Å²) in [4.78, 5) is 26.7. The van der Waals surface area contributed by atoms with E-state index in [2.05, 4.69) is 10.6 Å². The van der Waals surface area contributed by atoms with E-state index in [-0.39, 0.29) is 18.9 Å². The third kappa shape index (κ3) is 9.64. The van der Waals surface area contributed by atoms with Crippen molar-refractivity contribution in [1.29, 1.82) is 0 Å². The fourth-order valence-electron chi connectivity index (χ4n) is 5.78. The molecule has 3 aromatic rings. The summed E-state index contributed by atoms with van der Waals surface area (Å²) in [5.74, 6) is -0.920. The third-order valence-electron chi connectivity index (χ3n) is 7.99. The van der Waals surface area contributed by atoms with Gasteiger partial charge in [-0.25, -0.2) is 4.79 Å². The van der Waals surface area contributed by atoms with E-state index in [4.69, 9.17) is 4.74 Å². The minimum absolute atomic E-state index is 0.0792. The molecule has 0 radical (unpaired) electrons. The van der Waals surface area contributed by atoms with Crippen molar-refractivity contribution in [3.05, 3.63) is 107 Å². The summed E-state index contributed by atoms with van der Waals surface area (Å²) in [5, 5.41) is 37.5. The van der Waals surface area contributed by atoms with E-state index in [0.717, 1.165) is 34.2 Å². The molecular formula is C36H46N2O6. The Balaban J connectivity index is 1.56. The van der Waals surface area contributed by atoms with Gasteiger partial charge in [0, 0.05) is 18.9 Å². The number of aliphatic hydroxyl groups excluding tert-OH is 3. The van der Waals surface area contributed by atoms with Crippen LogP contribution in [-0.2, 0) is 35.2 Å². The van der Waals surface area contributed by atoms with E-state index in [9.17, 15) is 24.9 Å². The van der Waals surface area contributed by atoms with E-state index >= 15 is 0 Å². The van der Waals surface area contributed by atoms with Crippen LogP contribution in [0.1, 0.15) is 67.5 Å². The minimum atomic E-state index is -1.07. The summed E-state index contributed by atoms with van der Waals surface area (Å²) in [6.07, 6.45) is 0.240. The number of alkyl carbamates (subject to hydrolysis) is 1. The Labute approximate surface area is 260 Å². The van der Waals surface area contributed by atoms with Gasteiger partial charge in [0.2, 0.25) is 5.91 Å². The predicted molar refractivity (Wildman–Crippen MR) is 170 cm³/mol. The van der Waals surface area contributed by atoms with Crippen LogP contribution in [0.3, 0.4) is 0 Å². The van der Waals surface area contributed by atoms with Gasteiger partial charge < -0.3 is 30.7 Å². The Kier molecular flexibility index (Phi) is 11.6. The number of ether oxygens (including phenoxy) is 1. The van der Waals surface area contributed by atoms with Crippen LogP contribution in [0.15, 0.2) is 78.9 Å². The number of hydrogen-bond acceptors (Lipinski definition) is 6. The zero-order chi connectivity index (χ0) is 31.7. The molecule has 0 unspecified atom stereocenters. The molecule has 1 aliphatic rings. The van der Waals surface area contributed by atoms with Gasteiger partial charge in [-0.15, -0.1) is 0 Å². The van der Waals surface area contributed by atoms with Gasteiger partial charge in [-0.3, -0.25) is 4.79 Å². The van der Waals surface area contributed by atoms with Crippen molar-refractivity contribution in [1.82, 2.24) is 10.6 Å². The summed E-state index contributed by atoms with van der Waals surface area (Å²) < 4.78 is 5.49. The Morgan fingerprint density at radius 2 is 1.55 bits per heavy atom. The van der Waals surface area contributed by atoms with Crippen LogP contribution < -0.4 is 10.6 Å². The zero-order valence-corrected chi connectivity index (χ0v) is 25.9. The lowest BCUT2D eigenvalue weighted by molar-refractivity contribution is -0.127. The molecule has 0 saturated heterocycles. The van der Waals surface area contributed by atoms with Crippen LogP contribution in [0.2, 0.25) is 0 Å². The van der Waals surface area contributed by atoms with E-state index in [1.165, 1.54) is 0 Å². The second kappa shape index (κ2) is 15.3. The lowest BCUT2D eigenvalue weighted by Gasteiger charge is -2.30. The quantitative estimate of drug-likeness (QED) is 0.197. The van der Waals surface area contributed by atoms with Gasteiger partial charge >= 0.3 is 6.09 Å². The van der Waals surface area contributed by atoms with Crippen LogP contribution in [0.25, 0.3) is 0 Å². The SMILES string of the molecule is CC(C)(C)OC(=O)N[C@@H](Cc1ccccc1)[C@@H](O)C[C@@H](Cc1ccc(CCCO)cc1)C(=O)N[C@H]1c2ccccc2C[C@H]1O. The first-order valence-electron chi connectivity index (χ1n) is 15.5. The number of benzene rings is 3. The molecule has 2 amide bonds. The molecule has 4 rings (SSSR count). The Bertz CT molecular complexity index is 1360. The molecule has 0 aromatic heterocycles. The fraction of sp³-hybridized carbons (Fsp3) is 0.444. The normalized spacial score (nSPS) is 18.1. The predicted octanol–water partition coefficient (Wildman–Crippen LogP) is 4.43. The molecule has 0 spiro atoms. The number of carbonyl (C=O) groups excluding carboxylic acids is 2. The van der Waals surface area contributed by atoms with Crippen LogP contribution in [0.4, 0.5) is 4.79 Å². The number of carbonyl (C=O) groups is 2. The average Bonchev–Trinajstić information content (AvgIpc) is 3.30. The summed E-state index contributed by atoms with van der Waals surface area (Å²) in [6.45, 7) is 5.46. The highest BCUT2D eigenvalue weighted by molar-refractivity contribution is 5.80. The first-order valence-corrected chi connectivity index (χ1v) is 15.5. The summed E-state index contributed by atoms with van der Waals surface area (Å²) >= 11 is 0. The number of rotatable bonds is 13. The van der Waals surface area contributed by atoms with Crippen molar-refractivity contribution in [3.8, 4) is 0 Å². The minimum Gasteiger partial charge on any atom is -0.444 e. The topological polar surface area (TPSA) is 128 Å². The van der Waals surface area contributed by atoms with Crippen molar-refractivity contribution in [2.45, 2.75) is 89.2 Å². The molecule has 0 bridgehead atoms. The Morgan fingerprint density at radius 1 is 0.909 bits per heavy atom. The molecule has 0 fully saturated rings. The molecule has 0 saturated carbocycles. The van der Waals surface area contributed by atoms with Crippen LogP contribution >= 0.6 is 0 Å². The van der Waals surface area contributed by atoms with Crippen molar-refractivity contribution in [3.63, 3.8) is 0 Å². The lowest BCUT2D eigenvalue weighted by Crippen LogP contribution is -2.48. The molecule has 236 valence electrons. The molecule has 0 aliphatic heterocycles. The Morgan fingerprint density at radius 3 is 2.23 bits per heavy atom. The van der Waals surface area contributed by atoms with E-state index in [1.54, 1.807) is 20.8 Å². The second-order valence-corrected chi connectivity index (χ2v) is 12.7. The molecule has 0 heterocycles. The zero-order valence-electron chi connectivity index (χ0n) is 25.9. The van der Waals surface area contributed by atoms with Crippen molar-refractivity contribution >= 4 is 12.0 Å². The third-order valence-corrected chi connectivity index (χ3v) is 7.99. The van der Waals surface area contributed by atoms with Gasteiger partial charge in [0.15, 0.2) is 0 Å². The molecule has 1 aliphatic carbocycles. The van der Waals surface area contributed by atoms with E-state index in [1.807, 2.05) is 78.9 Å². The fourth-order valence-corrected chi connectivity index (χ4v) is 5.78. The van der Waals surface area contributed by atoms with Crippen LogP contribution in [-0.4, -0.2) is 57.8 Å². The second-order valence-electron chi connectivity index (χ2n) is 12.7. The monoisotopic (exact) mass is 602 g/mol. The summed E-state index contributed by atoms with van der Waals surface area (Å²) in [7, 11) is 0. The molecule has 8 nitrogen and oxygen atoms in total. The smallest absolute Gasteiger partial charge is 0.407 e. The standard InChI is InChI=1S/C36H46N2O6/c1-36(2,3)44-35(43)37-30(21-25-10-5-4-6-11-25)31(40)23-28(20-26-17-15-24(16-18-26)12-9-19-39)34(42)38-33-29-14-8-7-13-27(29)22-32(33)41/h4-8,10-11,13-18,28,30-33,39-41H,9,12,19-23H2,1-3H3,(H,37,43)(H,38,42)/t28-,30+,31+,32-,33+/m1/s1. The molecule has 44 heavy (non-hydrogen) atoms.